The van der Waals surface area contributed by atoms with Crippen LogP contribution in [0.5, 0.6) is 5.75 Å². The fourth-order valence-corrected chi connectivity index (χ4v) is 6.05. The third-order valence-electron chi connectivity index (χ3n) is 8.04. The lowest BCUT2D eigenvalue weighted by atomic mass is 9.86. The molecule has 1 aliphatic rings. The predicted octanol–water partition coefficient (Wildman–Crippen LogP) is 6.62. The average Bonchev–Trinajstić information content (AvgIpc) is 3.48. The lowest BCUT2D eigenvalue weighted by Crippen LogP contribution is -2.35. The van der Waals surface area contributed by atoms with Crippen LogP contribution in [0.1, 0.15) is 35.4 Å². The summed E-state index contributed by atoms with van der Waals surface area (Å²) < 4.78 is 61.6. The Hall–Kier alpha value is -4.35. The zero-order chi connectivity index (χ0) is 31.4. The molecule has 1 saturated heterocycles. The summed E-state index contributed by atoms with van der Waals surface area (Å²) in [5.41, 5.74) is 4.27. The largest absolute Gasteiger partial charge is 0.489 e. The molecule has 4 aromatic carbocycles. The number of halogens is 1. The van der Waals surface area contributed by atoms with E-state index in [0.717, 1.165) is 22.3 Å². The van der Waals surface area contributed by atoms with Gasteiger partial charge < -0.3 is 18.6 Å². The van der Waals surface area contributed by atoms with Crippen LogP contribution in [0.25, 0.3) is 22.6 Å². The van der Waals surface area contributed by atoms with Crippen molar-refractivity contribution in [2.24, 2.45) is 5.14 Å². The summed E-state index contributed by atoms with van der Waals surface area (Å²) in [6.07, 6.45) is 1.74. The molecule has 1 aliphatic heterocycles. The molecule has 5 aromatic rings. The highest BCUT2D eigenvalue weighted by molar-refractivity contribution is 7.89. The van der Waals surface area contributed by atoms with Crippen LogP contribution in [0, 0.1) is 5.82 Å². The highest BCUT2D eigenvalue weighted by Crippen LogP contribution is 2.38. The van der Waals surface area contributed by atoms with Gasteiger partial charge in [0.1, 0.15) is 23.9 Å². The second-order valence-electron chi connectivity index (χ2n) is 11.0. The first-order chi connectivity index (χ1) is 21.7. The number of aromatic nitrogens is 1. The van der Waals surface area contributed by atoms with Gasteiger partial charge in [0.2, 0.25) is 10.0 Å². The number of hydrogen-bond acceptors (Lipinski definition) is 7. The minimum atomic E-state index is -3.82. The summed E-state index contributed by atoms with van der Waals surface area (Å²) >= 11 is 0. The molecule has 0 aliphatic carbocycles. The van der Waals surface area contributed by atoms with Crippen molar-refractivity contribution in [2.45, 2.75) is 36.4 Å². The van der Waals surface area contributed by atoms with Crippen molar-refractivity contribution >= 4 is 10.0 Å². The zero-order valence-electron chi connectivity index (χ0n) is 24.7. The monoisotopic (exact) mass is 628 g/mol. The van der Waals surface area contributed by atoms with Crippen molar-refractivity contribution in [3.63, 3.8) is 0 Å². The summed E-state index contributed by atoms with van der Waals surface area (Å²) in [6, 6.07) is 28.5. The van der Waals surface area contributed by atoms with Gasteiger partial charge in [0.05, 0.1) is 10.5 Å². The Kier molecular flexibility index (Phi) is 8.82. The maximum atomic E-state index is 14.6. The highest BCUT2D eigenvalue weighted by atomic mass is 32.2. The zero-order valence-corrected chi connectivity index (χ0v) is 25.6. The molecule has 0 bridgehead atoms. The van der Waals surface area contributed by atoms with Gasteiger partial charge in [-0.1, -0.05) is 54.6 Å². The number of hydrogen-bond donors (Lipinski definition) is 1. The summed E-state index contributed by atoms with van der Waals surface area (Å²) in [4.78, 5) is 4.82. The number of benzene rings is 4. The number of nitrogens with two attached hydrogens (primary N) is 1. The number of rotatable bonds is 10. The van der Waals surface area contributed by atoms with Crippen molar-refractivity contribution in [1.29, 1.82) is 0 Å². The van der Waals surface area contributed by atoms with Crippen LogP contribution >= 0.6 is 0 Å². The molecular weight excluding hydrogens is 595 g/mol. The van der Waals surface area contributed by atoms with Crippen molar-refractivity contribution in [1.82, 2.24) is 4.98 Å². The first kappa shape index (κ1) is 30.7. The van der Waals surface area contributed by atoms with Gasteiger partial charge >= 0.3 is 0 Å². The van der Waals surface area contributed by atoms with E-state index in [1.807, 2.05) is 60.7 Å². The number of ether oxygens (including phenoxy) is 3. The number of sulfonamides is 1. The first-order valence-electron chi connectivity index (χ1n) is 14.6. The fourth-order valence-electron chi connectivity index (χ4n) is 5.54. The third kappa shape index (κ3) is 6.99. The van der Waals surface area contributed by atoms with E-state index in [4.69, 9.17) is 28.8 Å². The Morgan fingerprint density at radius 1 is 0.889 bits per heavy atom. The van der Waals surface area contributed by atoms with Crippen LogP contribution in [-0.2, 0) is 38.1 Å². The van der Waals surface area contributed by atoms with Crippen LogP contribution < -0.4 is 9.88 Å². The van der Waals surface area contributed by atoms with Gasteiger partial charge in [0, 0.05) is 56.8 Å². The minimum absolute atomic E-state index is 0.0207. The number of primary sulfonamides is 1. The molecule has 1 aromatic heterocycles. The molecule has 1 fully saturated rings. The normalized spacial score (nSPS) is 14.7. The maximum Gasteiger partial charge on any atom is 0.238 e. The number of methoxy groups -OCH3 is 1. The van der Waals surface area contributed by atoms with E-state index in [-0.39, 0.29) is 17.3 Å². The van der Waals surface area contributed by atoms with Crippen molar-refractivity contribution < 1.29 is 31.4 Å². The number of oxazole rings is 1. The van der Waals surface area contributed by atoms with Crippen LogP contribution in [0.3, 0.4) is 0 Å². The molecular formula is C35H33FN2O6S. The molecule has 0 atom stereocenters. The van der Waals surface area contributed by atoms with Gasteiger partial charge in [-0.2, -0.15) is 0 Å². The molecule has 0 spiro atoms. The van der Waals surface area contributed by atoms with E-state index in [0.29, 0.717) is 61.1 Å². The topological polar surface area (TPSA) is 114 Å². The van der Waals surface area contributed by atoms with Crippen molar-refractivity contribution in [2.75, 3.05) is 20.3 Å². The molecule has 0 amide bonds. The Bertz CT molecular complexity index is 1870. The van der Waals surface area contributed by atoms with Crippen LogP contribution in [-0.4, -0.2) is 33.7 Å². The second-order valence-corrected chi connectivity index (χ2v) is 12.6. The molecule has 45 heavy (non-hydrogen) atoms. The SMILES string of the molecule is COC1(c2cc(F)cc(OCc3ccc(Cc4nc(-c5ccccc5)c(-c5ccc(S(N)(=O)=O)cc5)o4)cc3)c2)CCOCC1. The van der Waals surface area contributed by atoms with E-state index in [9.17, 15) is 12.8 Å². The Labute approximate surface area is 261 Å². The van der Waals surface area contributed by atoms with Gasteiger partial charge in [-0.15, -0.1) is 0 Å². The lowest BCUT2D eigenvalue weighted by Gasteiger charge is -2.36. The quantitative estimate of drug-likeness (QED) is 0.185. The van der Waals surface area contributed by atoms with Gasteiger partial charge in [0.25, 0.3) is 0 Å². The van der Waals surface area contributed by atoms with Gasteiger partial charge in [-0.25, -0.2) is 22.9 Å². The summed E-state index contributed by atoms with van der Waals surface area (Å²) in [6.45, 7) is 1.38. The van der Waals surface area contributed by atoms with Crippen LogP contribution in [0.15, 0.2) is 106 Å². The maximum absolute atomic E-state index is 14.6. The smallest absolute Gasteiger partial charge is 0.238 e. The van der Waals surface area contributed by atoms with Gasteiger partial charge in [0.15, 0.2) is 11.7 Å². The van der Waals surface area contributed by atoms with Crippen LogP contribution in [0.4, 0.5) is 4.39 Å². The van der Waals surface area contributed by atoms with Crippen molar-refractivity contribution in [3.05, 3.63) is 125 Å². The molecule has 8 nitrogen and oxygen atoms in total. The Morgan fingerprint density at radius 3 is 2.24 bits per heavy atom. The van der Waals surface area contributed by atoms with E-state index in [1.165, 1.54) is 24.3 Å². The van der Waals surface area contributed by atoms with E-state index >= 15 is 0 Å². The second kappa shape index (κ2) is 12.9. The third-order valence-corrected chi connectivity index (χ3v) is 8.97. The highest BCUT2D eigenvalue weighted by Gasteiger charge is 2.35. The summed E-state index contributed by atoms with van der Waals surface area (Å²) in [5.74, 6) is 1.11. The molecule has 0 radical (unpaired) electrons. The molecule has 0 unspecified atom stereocenters. The molecule has 2 heterocycles. The predicted molar refractivity (Wildman–Crippen MR) is 167 cm³/mol. The standard InChI is InChI=1S/C35H33FN2O6S/c1-41-35(15-17-42-18-16-35)28-20-29(36)22-30(21-28)43-23-25-9-7-24(8-10-25)19-32-38-33(26-5-3-2-4-6-26)34(44-32)27-11-13-31(14-12-27)45(37,39)40/h2-14,20-22H,15-19,23H2,1H3,(H2,37,39,40). The molecule has 0 saturated carbocycles. The average molecular weight is 629 g/mol. The molecule has 232 valence electrons. The Morgan fingerprint density at radius 2 is 1.58 bits per heavy atom. The Balaban J connectivity index is 1.18. The molecule has 6 rings (SSSR count). The number of nitrogens with zero attached hydrogens (tertiary/aromatic N) is 1. The minimum Gasteiger partial charge on any atom is -0.489 e. The molecule has 10 heteroatoms. The first-order valence-corrected chi connectivity index (χ1v) is 16.1. The van der Waals surface area contributed by atoms with Gasteiger partial charge in [-0.05, 0) is 53.1 Å². The van der Waals surface area contributed by atoms with E-state index in [1.54, 1.807) is 19.2 Å². The van der Waals surface area contributed by atoms with Gasteiger partial charge in [-0.3, -0.25) is 0 Å². The van der Waals surface area contributed by atoms with E-state index in [2.05, 4.69) is 0 Å². The summed E-state index contributed by atoms with van der Waals surface area (Å²) in [7, 11) is -2.17. The fraction of sp³-hybridized carbons (Fsp3) is 0.229. The summed E-state index contributed by atoms with van der Waals surface area (Å²) in [5, 5.41) is 5.27. The van der Waals surface area contributed by atoms with Crippen molar-refractivity contribution in [3.8, 4) is 28.3 Å². The van der Waals surface area contributed by atoms with Crippen LogP contribution in [0.2, 0.25) is 0 Å². The molecule has 2 N–H and O–H groups in total. The lowest BCUT2D eigenvalue weighted by molar-refractivity contribution is -0.0950. The van der Waals surface area contributed by atoms with E-state index < -0.39 is 15.6 Å².